The van der Waals surface area contributed by atoms with Crippen molar-refractivity contribution in [3.8, 4) is 0 Å². The molecular formula is C12H9F3N2. The third-order valence-corrected chi connectivity index (χ3v) is 2.38. The maximum Gasteiger partial charge on any atom is 0.146 e. The summed E-state index contributed by atoms with van der Waals surface area (Å²) in [5.74, 6) is -2.15. The standard InChI is InChI=1S/C12H9F3N2/c13-7-3-4-8(10(15)6-7)11(16)12-9(14)2-1-5-17-12/h1-6,11H,16H2. The number of aromatic nitrogens is 1. The molecule has 0 aliphatic rings. The second-order valence-corrected chi connectivity index (χ2v) is 3.51. The normalized spacial score (nSPS) is 12.5. The molecule has 1 aromatic carbocycles. The van der Waals surface area contributed by atoms with Gasteiger partial charge in [0.25, 0.3) is 0 Å². The van der Waals surface area contributed by atoms with Gasteiger partial charge in [-0.3, -0.25) is 4.98 Å². The number of halogens is 3. The molecule has 0 aliphatic carbocycles. The Labute approximate surface area is 95.9 Å². The van der Waals surface area contributed by atoms with Crippen LogP contribution in [0.2, 0.25) is 0 Å². The van der Waals surface area contributed by atoms with Crippen LogP contribution in [0.5, 0.6) is 0 Å². The molecule has 2 nitrogen and oxygen atoms in total. The van der Waals surface area contributed by atoms with Crippen LogP contribution in [0.3, 0.4) is 0 Å². The zero-order valence-corrected chi connectivity index (χ0v) is 8.70. The second kappa shape index (κ2) is 4.55. The molecule has 2 rings (SSSR count). The van der Waals surface area contributed by atoms with Gasteiger partial charge in [-0.05, 0) is 18.2 Å². The lowest BCUT2D eigenvalue weighted by atomic mass is 10.0. The zero-order chi connectivity index (χ0) is 12.4. The lowest BCUT2D eigenvalue weighted by Crippen LogP contribution is -2.17. The van der Waals surface area contributed by atoms with Crippen molar-refractivity contribution >= 4 is 0 Å². The van der Waals surface area contributed by atoms with Crippen LogP contribution in [0.1, 0.15) is 17.3 Å². The van der Waals surface area contributed by atoms with Gasteiger partial charge in [-0.15, -0.1) is 0 Å². The van der Waals surface area contributed by atoms with Crippen molar-refractivity contribution in [3.05, 3.63) is 65.2 Å². The van der Waals surface area contributed by atoms with Gasteiger partial charge in [0.15, 0.2) is 0 Å². The molecule has 1 aromatic heterocycles. The van der Waals surface area contributed by atoms with E-state index in [4.69, 9.17) is 5.73 Å². The fourth-order valence-corrected chi connectivity index (χ4v) is 1.53. The Morgan fingerprint density at radius 2 is 1.82 bits per heavy atom. The zero-order valence-electron chi connectivity index (χ0n) is 8.70. The van der Waals surface area contributed by atoms with Gasteiger partial charge in [0.05, 0.1) is 11.7 Å². The van der Waals surface area contributed by atoms with E-state index >= 15 is 0 Å². The summed E-state index contributed by atoms with van der Waals surface area (Å²) < 4.78 is 39.6. The lowest BCUT2D eigenvalue weighted by Gasteiger charge is -2.12. The van der Waals surface area contributed by atoms with Gasteiger partial charge in [-0.2, -0.15) is 0 Å². The minimum atomic E-state index is -1.06. The maximum absolute atomic E-state index is 13.4. The number of rotatable bonds is 2. The molecule has 88 valence electrons. The largest absolute Gasteiger partial charge is 0.319 e. The van der Waals surface area contributed by atoms with Crippen molar-refractivity contribution < 1.29 is 13.2 Å². The van der Waals surface area contributed by atoms with Crippen LogP contribution in [0.25, 0.3) is 0 Å². The Kier molecular flexibility index (Phi) is 3.10. The van der Waals surface area contributed by atoms with Gasteiger partial charge >= 0.3 is 0 Å². The van der Waals surface area contributed by atoms with Crippen molar-refractivity contribution in [2.24, 2.45) is 5.73 Å². The van der Waals surface area contributed by atoms with E-state index in [-0.39, 0.29) is 11.3 Å². The first-order valence-corrected chi connectivity index (χ1v) is 4.90. The second-order valence-electron chi connectivity index (χ2n) is 3.51. The summed E-state index contributed by atoms with van der Waals surface area (Å²) in [5, 5.41) is 0. The van der Waals surface area contributed by atoms with E-state index in [1.807, 2.05) is 0 Å². The van der Waals surface area contributed by atoms with E-state index in [1.54, 1.807) is 0 Å². The van der Waals surface area contributed by atoms with Crippen molar-refractivity contribution in [2.45, 2.75) is 6.04 Å². The number of hydrogen-bond donors (Lipinski definition) is 1. The Morgan fingerprint density at radius 1 is 1.06 bits per heavy atom. The quantitative estimate of drug-likeness (QED) is 0.873. The van der Waals surface area contributed by atoms with Crippen molar-refractivity contribution in [1.82, 2.24) is 4.98 Å². The Hall–Kier alpha value is -1.88. The highest BCUT2D eigenvalue weighted by atomic mass is 19.1. The molecule has 0 amide bonds. The number of hydrogen-bond acceptors (Lipinski definition) is 2. The molecule has 1 heterocycles. The first-order valence-electron chi connectivity index (χ1n) is 4.90. The number of pyridine rings is 1. The third kappa shape index (κ3) is 2.29. The molecule has 0 aliphatic heterocycles. The highest BCUT2D eigenvalue weighted by Gasteiger charge is 2.18. The van der Waals surface area contributed by atoms with Crippen LogP contribution < -0.4 is 5.73 Å². The van der Waals surface area contributed by atoms with Gasteiger partial charge in [-0.25, -0.2) is 13.2 Å². The average molecular weight is 238 g/mol. The summed E-state index contributed by atoms with van der Waals surface area (Å²) in [5.41, 5.74) is 5.64. The molecular weight excluding hydrogens is 229 g/mol. The number of nitrogens with zero attached hydrogens (tertiary/aromatic N) is 1. The summed E-state index contributed by atoms with van der Waals surface area (Å²) in [6, 6.07) is 4.49. The van der Waals surface area contributed by atoms with Gasteiger partial charge in [0.1, 0.15) is 17.5 Å². The first kappa shape index (κ1) is 11.6. The Balaban J connectivity index is 2.44. The third-order valence-electron chi connectivity index (χ3n) is 2.38. The molecule has 0 fully saturated rings. The van der Waals surface area contributed by atoms with Gasteiger partial charge < -0.3 is 5.73 Å². The molecule has 5 heteroatoms. The average Bonchev–Trinajstić information content (AvgIpc) is 2.29. The summed E-state index contributed by atoms with van der Waals surface area (Å²) >= 11 is 0. The summed E-state index contributed by atoms with van der Waals surface area (Å²) in [7, 11) is 0. The number of benzene rings is 1. The van der Waals surface area contributed by atoms with Gasteiger partial charge in [0, 0.05) is 17.8 Å². The topological polar surface area (TPSA) is 38.9 Å². The minimum Gasteiger partial charge on any atom is -0.319 e. The predicted octanol–water partition coefficient (Wildman–Crippen LogP) is 2.55. The monoisotopic (exact) mass is 238 g/mol. The molecule has 1 atom stereocenters. The predicted molar refractivity (Wildman–Crippen MR) is 56.6 cm³/mol. The molecule has 17 heavy (non-hydrogen) atoms. The SMILES string of the molecule is NC(c1ccc(F)cc1F)c1ncccc1F. The molecule has 2 N–H and O–H groups in total. The fraction of sp³-hybridized carbons (Fsp3) is 0.0833. The molecule has 0 saturated heterocycles. The van der Waals surface area contributed by atoms with Gasteiger partial charge in [0.2, 0.25) is 0 Å². The van der Waals surface area contributed by atoms with E-state index < -0.39 is 23.5 Å². The first-order chi connectivity index (χ1) is 8.09. The van der Waals surface area contributed by atoms with E-state index in [0.29, 0.717) is 6.07 Å². The van der Waals surface area contributed by atoms with Crippen molar-refractivity contribution in [1.29, 1.82) is 0 Å². The molecule has 1 unspecified atom stereocenters. The smallest absolute Gasteiger partial charge is 0.146 e. The lowest BCUT2D eigenvalue weighted by molar-refractivity contribution is 0.550. The van der Waals surface area contributed by atoms with E-state index in [1.165, 1.54) is 24.4 Å². The van der Waals surface area contributed by atoms with Crippen molar-refractivity contribution in [3.63, 3.8) is 0 Å². The minimum absolute atomic E-state index is 0.00370. The van der Waals surface area contributed by atoms with Crippen molar-refractivity contribution in [2.75, 3.05) is 0 Å². The molecule has 0 saturated carbocycles. The van der Waals surface area contributed by atoms with E-state index in [9.17, 15) is 13.2 Å². The van der Waals surface area contributed by atoms with Gasteiger partial charge in [-0.1, -0.05) is 6.07 Å². The number of nitrogens with two attached hydrogens (primary N) is 1. The Bertz CT molecular complexity index is 543. The van der Waals surface area contributed by atoms with E-state index in [2.05, 4.69) is 4.98 Å². The van der Waals surface area contributed by atoms with Crippen LogP contribution in [-0.4, -0.2) is 4.98 Å². The molecule has 0 bridgehead atoms. The van der Waals surface area contributed by atoms with Crippen LogP contribution in [0, 0.1) is 17.5 Å². The van der Waals surface area contributed by atoms with Crippen LogP contribution >= 0.6 is 0 Å². The van der Waals surface area contributed by atoms with Crippen LogP contribution in [0.4, 0.5) is 13.2 Å². The summed E-state index contributed by atoms with van der Waals surface area (Å²) in [4.78, 5) is 3.76. The molecule has 2 aromatic rings. The van der Waals surface area contributed by atoms with E-state index in [0.717, 1.165) is 6.07 Å². The van der Waals surface area contributed by atoms with Crippen LogP contribution in [0.15, 0.2) is 36.5 Å². The maximum atomic E-state index is 13.4. The van der Waals surface area contributed by atoms with Crippen LogP contribution in [-0.2, 0) is 0 Å². The highest BCUT2D eigenvalue weighted by Crippen LogP contribution is 2.22. The fourth-order valence-electron chi connectivity index (χ4n) is 1.53. The highest BCUT2D eigenvalue weighted by molar-refractivity contribution is 5.29. The summed E-state index contributed by atoms with van der Waals surface area (Å²) in [6.45, 7) is 0. The molecule has 0 radical (unpaired) electrons. The summed E-state index contributed by atoms with van der Waals surface area (Å²) in [6.07, 6.45) is 1.36. The Morgan fingerprint density at radius 3 is 2.47 bits per heavy atom. The molecule has 0 spiro atoms.